The fourth-order valence-electron chi connectivity index (χ4n) is 5.31. The average Bonchev–Trinajstić information content (AvgIpc) is 3.65. The first-order valence-corrected chi connectivity index (χ1v) is 17.8. The average molecular weight is 707 g/mol. The van der Waals surface area contributed by atoms with Crippen molar-refractivity contribution in [3.63, 3.8) is 0 Å². The van der Waals surface area contributed by atoms with Crippen LogP contribution in [-0.2, 0) is 19.1 Å². The molecule has 0 bridgehead atoms. The van der Waals surface area contributed by atoms with Gasteiger partial charge >= 0.3 is 6.18 Å². The van der Waals surface area contributed by atoms with Crippen molar-refractivity contribution in [2.75, 3.05) is 19.6 Å². The largest absolute Gasteiger partial charge is 0.416 e. The fourth-order valence-corrected chi connectivity index (χ4v) is 7.55. The molecule has 1 aliphatic heterocycles. The summed E-state index contributed by atoms with van der Waals surface area (Å²) in [5, 5.41) is 6.18. The standard InChI is InChI=1S/C34H36Cl2F3N5S2/c35-26-14-17-31(29(36)22-26)44-33(32-18-16-27(45-32)15-11-24-9-12-25(13-10-24)34(37,38)39)28(23-41-46-43-20-6-3-7-21-43)30(42-44)8-4-1-2-5-19-40/h9-10,12-14,16-18,22,41H,1-8,19-21,23,40H2. The van der Waals surface area contributed by atoms with Gasteiger partial charge in [-0.15, -0.1) is 11.3 Å². The molecule has 2 aromatic carbocycles. The Morgan fingerprint density at radius 3 is 2.41 bits per heavy atom. The van der Waals surface area contributed by atoms with E-state index < -0.39 is 11.7 Å². The Labute approximate surface area is 286 Å². The Balaban J connectivity index is 1.49. The van der Waals surface area contributed by atoms with Gasteiger partial charge in [0.25, 0.3) is 0 Å². The van der Waals surface area contributed by atoms with Crippen molar-refractivity contribution in [1.82, 2.24) is 18.8 Å². The highest BCUT2D eigenvalue weighted by molar-refractivity contribution is 7.95. The number of halogens is 5. The summed E-state index contributed by atoms with van der Waals surface area (Å²) in [7, 11) is 0. The Hall–Kier alpha value is -2.49. The second kappa shape index (κ2) is 16.6. The number of thiophene rings is 1. The van der Waals surface area contributed by atoms with Crippen LogP contribution >= 0.6 is 46.7 Å². The Morgan fingerprint density at radius 1 is 0.935 bits per heavy atom. The van der Waals surface area contributed by atoms with Crippen LogP contribution < -0.4 is 10.5 Å². The van der Waals surface area contributed by atoms with Gasteiger partial charge in [-0.25, -0.2) is 13.7 Å². The molecule has 0 spiro atoms. The van der Waals surface area contributed by atoms with E-state index >= 15 is 0 Å². The minimum Gasteiger partial charge on any atom is -0.330 e. The van der Waals surface area contributed by atoms with Crippen molar-refractivity contribution in [3.8, 4) is 28.1 Å². The van der Waals surface area contributed by atoms with Gasteiger partial charge in [-0.3, -0.25) is 0 Å². The highest BCUT2D eigenvalue weighted by Gasteiger charge is 2.30. The van der Waals surface area contributed by atoms with Gasteiger partial charge in [-0.2, -0.15) is 18.3 Å². The number of aryl methyl sites for hydroxylation is 1. The van der Waals surface area contributed by atoms with Crippen LogP contribution in [0.3, 0.4) is 0 Å². The summed E-state index contributed by atoms with van der Waals surface area (Å²) in [5.74, 6) is 6.14. The van der Waals surface area contributed by atoms with Gasteiger partial charge in [-0.05, 0) is 93.2 Å². The normalized spacial score (nSPS) is 14.0. The van der Waals surface area contributed by atoms with Crippen molar-refractivity contribution in [1.29, 1.82) is 0 Å². The van der Waals surface area contributed by atoms with Gasteiger partial charge in [0.1, 0.15) is 0 Å². The van der Waals surface area contributed by atoms with E-state index in [2.05, 4.69) is 20.9 Å². The number of piperidine rings is 1. The molecule has 5 nitrogen and oxygen atoms in total. The first kappa shape index (κ1) is 34.8. The molecule has 3 heterocycles. The molecule has 0 amide bonds. The maximum Gasteiger partial charge on any atom is 0.416 e. The van der Waals surface area contributed by atoms with E-state index in [0.717, 1.165) is 89.7 Å². The summed E-state index contributed by atoms with van der Waals surface area (Å²) >= 11 is 16.2. The second-order valence-electron chi connectivity index (χ2n) is 11.1. The van der Waals surface area contributed by atoms with Crippen LogP contribution in [-0.4, -0.2) is 33.7 Å². The number of benzene rings is 2. The molecule has 46 heavy (non-hydrogen) atoms. The highest BCUT2D eigenvalue weighted by atomic mass is 35.5. The smallest absolute Gasteiger partial charge is 0.330 e. The zero-order valence-electron chi connectivity index (χ0n) is 25.3. The molecule has 244 valence electrons. The number of unbranched alkanes of at least 4 members (excludes halogenated alkanes) is 3. The molecule has 3 N–H and O–H groups in total. The summed E-state index contributed by atoms with van der Waals surface area (Å²) in [6, 6.07) is 14.3. The fraction of sp³-hybridized carbons (Fsp3) is 0.382. The molecule has 1 aliphatic rings. The lowest BCUT2D eigenvalue weighted by Crippen LogP contribution is -2.26. The molecule has 0 atom stereocenters. The second-order valence-corrected chi connectivity index (χ2v) is 14.0. The zero-order valence-corrected chi connectivity index (χ0v) is 28.5. The number of aromatic nitrogens is 2. The van der Waals surface area contributed by atoms with Gasteiger partial charge in [0.05, 0.1) is 37.4 Å². The molecule has 1 fully saturated rings. The topological polar surface area (TPSA) is 59.1 Å². The van der Waals surface area contributed by atoms with Gasteiger partial charge < -0.3 is 5.73 Å². The lowest BCUT2D eigenvalue weighted by Gasteiger charge is -2.25. The number of nitrogens with one attached hydrogen (secondary N) is 1. The van der Waals surface area contributed by atoms with E-state index in [-0.39, 0.29) is 0 Å². The number of nitrogens with zero attached hydrogens (tertiary/aromatic N) is 3. The van der Waals surface area contributed by atoms with Crippen LogP contribution in [0.4, 0.5) is 13.2 Å². The number of hydrogen-bond donors (Lipinski definition) is 2. The lowest BCUT2D eigenvalue weighted by atomic mass is 10.1. The van der Waals surface area contributed by atoms with Crippen molar-refractivity contribution >= 4 is 46.7 Å². The molecule has 1 saturated heterocycles. The summed E-state index contributed by atoms with van der Waals surface area (Å²) in [6.07, 6.45) is 4.25. The molecular formula is C34H36Cl2F3N5S2. The molecule has 2 aromatic heterocycles. The van der Waals surface area contributed by atoms with Crippen molar-refractivity contribution < 1.29 is 13.2 Å². The van der Waals surface area contributed by atoms with Gasteiger partial charge in [-0.1, -0.05) is 54.3 Å². The van der Waals surface area contributed by atoms with Crippen LogP contribution in [0, 0.1) is 11.8 Å². The van der Waals surface area contributed by atoms with Crippen molar-refractivity contribution in [3.05, 3.63) is 91.9 Å². The molecule has 12 heteroatoms. The third-order valence-corrected chi connectivity index (χ3v) is 10.2. The predicted molar refractivity (Wildman–Crippen MR) is 185 cm³/mol. The number of alkyl halides is 3. The van der Waals surface area contributed by atoms with E-state index in [1.807, 2.05) is 22.9 Å². The Bertz CT molecular complexity index is 1650. The van der Waals surface area contributed by atoms with Gasteiger partial charge in [0.2, 0.25) is 0 Å². The van der Waals surface area contributed by atoms with Crippen LogP contribution in [0.5, 0.6) is 0 Å². The quantitative estimate of drug-likeness (QED) is 0.0874. The number of rotatable bonds is 12. The Morgan fingerprint density at radius 2 is 1.70 bits per heavy atom. The van der Waals surface area contributed by atoms with Gasteiger partial charge in [0.15, 0.2) is 0 Å². The summed E-state index contributed by atoms with van der Waals surface area (Å²) in [6.45, 7) is 3.41. The van der Waals surface area contributed by atoms with E-state index in [9.17, 15) is 13.2 Å². The minimum atomic E-state index is -4.38. The molecule has 0 radical (unpaired) electrons. The molecule has 0 aliphatic carbocycles. The first-order valence-electron chi connectivity index (χ1n) is 15.4. The van der Waals surface area contributed by atoms with Crippen molar-refractivity contribution in [2.24, 2.45) is 5.73 Å². The molecule has 0 unspecified atom stereocenters. The van der Waals surface area contributed by atoms with E-state index in [0.29, 0.717) is 28.7 Å². The van der Waals surface area contributed by atoms with Gasteiger partial charge in [0, 0.05) is 47.9 Å². The Kier molecular flexibility index (Phi) is 12.5. The molecule has 5 rings (SSSR count). The summed E-state index contributed by atoms with van der Waals surface area (Å²) < 4.78 is 46.9. The first-order chi connectivity index (χ1) is 22.2. The van der Waals surface area contributed by atoms with Crippen LogP contribution in [0.15, 0.2) is 54.6 Å². The predicted octanol–water partition coefficient (Wildman–Crippen LogP) is 9.53. The molecule has 0 saturated carbocycles. The van der Waals surface area contributed by atoms with Crippen LogP contribution in [0.25, 0.3) is 16.3 Å². The van der Waals surface area contributed by atoms with Crippen LogP contribution in [0.1, 0.15) is 72.2 Å². The summed E-state index contributed by atoms with van der Waals surface area (Å²) in [5.41, 5.74) is 9.29. The van der Waals surface area contributed by atoms with Crippen LogP contribution in [0.2, 0.25) is 10.0 Å². The van der Waals surface area contributed by atoms with E-state index in [1.54, 1.807) is 24.3 Å². The third kappa shape index (κ3) is 9.32. The van der Waals surface area contributed by atoms with Crippen molar-refractivity contribution in [2.45, 2.75) is 64.1 Å². The maximum atomic E-state index is 13.0. The number of nitrogens with two attached hydrogens (primary N) is 1. The summed E-state index contributed by atoms with van der Waals surface area (Å²) in [4.78, 5) is 1.75. The van der Waals surface area contributed by atoms with E-state index in [1.165, 1.54) is 42.7 Å². The molecular weight excluding hydrogens is 670 g/mol. The highest BCUT2D eigenvalue weighted by Crippen LogP contribution is 2.37. The third-order valence-electron chi connectivity index (χ3n) is 7.71. The SMILES string of the molecule is NCCCCCCc1nn(-c2ccc(Cl)cc2Cl)c(-c2ccc(C#Cc3ccc(C(F)(F)F)cc3)s2)c1CNSN1CCCCC1. The zero-order chi connectivity index (χ0) is 32.5. The monoisotopic (exact) mass is 705 g/mol. The van der Waals surface area contributed by atoms with E-state index in [4.69, 9.17) is 34.0 Å². The minimum absolute atomic E-state index is 0.492. The maximum absolute atomic E-state index is 13.0. The lowest BCUT2D eigenvalue weighted by molar-refractivity contribution is -0.137. The number of hydrogen-bond acceptors (Lipinski definition) is 6. The molecule has 4 aromatic rings.